The number of phenols is 1. The highest BCUT2D eigenvalue weighted by Gasteiger charge is 2.13. The number of methoxy groups -OCH3 is 1. The molecule has 0 saturated heterocycles. The number of rotatable bonds is 2. The quantitative estimate of drug-likeness (QED) is 0.831. The summed E-state index contributed by atoms with van der Waals surface area (Å²) in [4.78, 5) is 15.7. The van der Waals surface area contributed by atoms with Gasteiger partial charge in [-0.1, -0.05) is 0 Å². The number of esters is 1. The zero-order valence-electron chi connectivity index (χ0n) is 9.43. The number of carbonyl (C=O) groups is 1. The first-order chi connectivity index (χ1) is 8.11. The minimum absolute atomic E-state index is 0.0902. The number of ether oxygens (including phenoxy) is 1. The van der Waals surface area contributed by atoms with E-state index in [4.69, 9.17) is 0 Å². The average Bonchev–Trinajstić information content (AvgIpc) is 2.75. The molecule has 0 saturated carbocycles. The van der Waals surface area contributed by atoms with E-state index in [9.17, 15) is 9.90 Å². The Bertz CT molecular complexity index is 563. The van der Waals surface area contributed by atoms with Crippen molar-refractivity contribution in [2.24, 2.45) is 0 Å². The number of carbonyl (C=O) groups excluding carboxylic acids is 1. The van der Waals surface area contributed by atoms with Crippen LogP contribution in [0.2, 0.25) is 0 Å². The van der Waals surface area contributed by atoms with E-state index in [1.165, 1.54) is 24.5 Å². The Labute approximate surface area is 103 Å². The van der Waals surface area contributed by atoms with Crippen molar-refractivity contribution in [3.8, 4) is 17.0 Å². The molecule has 0 aliphatic carbocycles. The fraction of sp³-hybridized carbons (Fsp3) is 0.167. The zero-order chi connectivity index (χ0) is 12.4. The summed E-state index contributed by atoms with van der Waals surface area (Å²) in [7, 11) is 1.28. The number of aromatic nitrogens is 1. The number of aromatic hydroxyl groups is 1. The number of aryl methyl sites for hydroxylation is 1. The second kappa shape index (κ2) is 4.55. The molecule has 1 aromatic heterocycles. The molecule has 0 amide bonds. The maximum atomic E-state index is 11.4. The molecule has 0 unspecified atom stereocenters. The third-order valence-electron chi connectivity index (χ3n) is 2.32. The van der Waals surface area contributed by atoms with Crippen molar-refractivity contribution in [1.29, 1.82) is 0 Å². The van der Waals surface area contributed by atoms with Crippen LogP contribution >= 0.6 is 11.3 Å². The summed E-state index contributed by atoms with van der Waals surface area (Å²) in [5, 5.41) is 12.4. The summed E-state index contributed by atoms with van der Waals surface area (Å²) in [6, 6.07) is 4.77. The number of phenolic OH excluding ortho intramolecular Hbond substituents is 1. The predicted molar refractivity (Wildman–Crippen MR) is 65.3 cm³/mol. The van der Waals surface area contributed by atoms with E-state index in [2.05, 4.69) is 9.72 Å². The van der Waals surface area contributed by atoms with Crippen molar-refractivity contribution < 1.29 is 14.6 Å². The van der Waals surface area contributed by atoms with E-state index >= 15 is 0 Å². The van der Waals surface area contributed by atoms with Crippen LogP contribution in [0.25, 0.3) is 11.3 Å². The van der Waals surface area contributed by atoms with Gasteiger partial charge in [0.1, 0.15) is 11.3 Å². The summed E-state index contributed by atoms with van der Waals surface area (Å²) in [5.74, 6) is -0.649. The molecule has 88 valence electrons. The summed E-state index contributed by atoms with van der Waals surface area (Å²) < 4.78 is 4.60. The maximum absolute atomic E-state index is 11.4. The smallest absolute Gasteiger partial charge is 0.341 e. The molecule has 2 rings (SSSR count). The van der Waals surface area contributed by atoms with E-state index in [1.54, 1.807) is 12.1 Å². The number of hydrogen-bond acceptors (Lipinski definition) is 5. The van der Waals surface area contributed by atoms with Crippen molar-refractivity contribution in [2.75, 3.05) is 7.11 Å². The molecule has 0 radical (unpaired) electrons. The molecular weight excluding hydrogens is 238 g/mol. The normalized spacial score (nSPS) is 10.2. The third kappa shape index (κ3) is 2.29. The van der Waals surface area contributed by atoms with Gasteiger partial charge in [0.05, 0.1) is 17.8 Å². The lowest BCUT2D eigenvalue weighted by Crippen LogP contribution is -2.01. The highest BCUT2D eigenvalue weighted by atomic mass is 32.1. The molecule has 0 aliphatic rings. The van der Waals surface area contributed by atoms with Crippen LogP contribution in [0.1, 0.15) is 15.4 Å². The monoisotopic (exact) mass is 249 g/mol. The van der Waals surface area contributed by atoms with Crippen LogP contribution in [0, 0.1) is 6.92 Å². The Morgan fingerprint density at radius 2 is 2.24 bits per heavy atom. The van der Waals surface area contributed by atoms with Gasteiger partial charge in [-0.3, -0.25) is 0 Å². The van der Waals surface area contributed by atoms with Gasteiger partial charge < -0.3 is 9.84 Å². The molecular formula is C12H11NO3S. The van der Waals surface area contributed by atoms with Crippen molar-refractivity contribution in [2.45, 2.75) is 6.92 Å². The Morgan fingerprint density at radius 1 is 1.47 bits per heavy atom. The summed E-state index contributed by atoms with van der Waals surface area (Å²) >= 11 is 1.53. The van der Waals surface area contributed by atoms with Crippen LogP contribution in [0.4, 0.5) is 0 Å². The molecule has 0 atom stereocenters. The van der Waals surface area contributed by atoms with Crippen molar-refractivity contribution in [3.63, 3.8) is 0 Å². The Kier molecular flexibility index (Phi) is 3.10. The van der Waals surface area contributed by atoms with Crippen molar-refractivity contribution >= 4 is 17.3 Å². The minimum Gasteiger partial charge on any atom is -0.507 e. The number of nitrogens with zero attached hydrogens (tertiary/aromatic N) is 1. The molecule has 2 aromatic rings. The third-order valence-corrected chi connectivity index (χ3v) is 3.09. The van der Waals surface area contributed by atoms with Crippen LogP contribution in [-0.4, -0.2) is 23.2 Å². The molecule has 0 bridgehead atoms. The van der Waals surface area contributed by atoms with Crippen molar-refractivity contribution in [1.82, 2.24) is 4.98 Å². The predicted octanol–water partition coefficient (Wildman–Crippen LogP) is 2.61. The van der Waals surface area contributed by atoms with Crippen LogP contribution in [-0.2, 0) is 4.74 Å². The zero-order valence-corrected chi connectivity index (χ0v) is 10.2. The standard InChI is InChI=1S/C12H11NO3S/c1-7-13-10(6-17-7)8-3-4-11(14)9(5-8)12(15)16-2/h3-6,14H,1-2H3. The van der Waals surface area contributed by atoms with E-state index in [-0.39, 0.29) is 11.3 Å². The van der Waals surface area contributed by atoms with Gasteiger partial charge in [-0.2, -0.15) is 0 Å². The first-order valence-corrected chi connectivity index (χ1v) is 5.83. The van der Waals surface area contributed by atoms with E-state index in [1.807, 2.05) is 12.3 Å². The Morgan fingerprint density at radius 3 is 2.82 bits per heavy atom. The van der Waals surface area contributed by atoms with Gasteiger partial charge in [-0.15, -0.1) is 11.3 Å². The van der Waals surface area contributed by atoms with Gasteiger partial charge in [0, 0.05) is 10.9 Å². The minimum atomic E-state index is -0.559. The SMILES string of the molecule is COC(=O)c1cc(-c2csc(C)n2)ccc1O. The molecule has 1 aromatic carbocycles. The molecule has 4 nitrogen and oxygen atoms in total. The van der Waals surface area contributed by atoms with Gasteiger partial charge in [0.25, 0.3) is 0 Å². The topological polar surface area (TPSA) is 59.4 Å². The molecule has 17 heavy (non-hydrogen) atoms. The Hall–Kier alpha value is -1.88. The average molecular weight is 249 g/mol. The molecule has 5 heteroatoms. The van der Waals surface area contributed by atoms with Gasteiger partial charge in [0.15, 0.2) is 0 Å². The molecule has 0 fully saturated rings. The van der Waals surface area contributed by atoms with Gasteiger partial charge >= 0.3 is 5.97 Å². The fourth-order valence-corrected chi connectivity index (χ4v) is 2.09. The highest BCUT2D eigenvalue weighted by molar-refractivity contribution is 7.09. The van der Waals surface area contributed by atoms with Crippen LogP contribution < -0.4 is 0 Å². The molecule has 0 spiro atoms. The summed E-state index contributed by atoms with van der Waals surface area (Å²) in [5.41, 5.74) is 1.72. The van der Waals surface area contributed by atoms with E-state index in [0.29, 0.717) is 0 Å². The molecule has 0 aliphatic heterocycles. The van der Waals surface area contributed by atoms with Gasteiger partial charge in [-0.05, 0) is 25.1 Å². The van der Waals surface area contributed by atoms with Crippen LogP contribution in [0.15, 0.2) is 23.6 Å². The lowest BCUT2D eigenvalue weighted by molar-refractivity contribution is 0.0597. The molecule has 1 heterocycles. The lowest BCUT2D eigenvalue weighted by Gasteiger charge is -2.04. The van der Waals surface area contributed by atoms with Crippen LogP contribution in [0.3, 0.4) is 0 Å². The van der Waals surface area contributed by atoms with E-state index in [0.717, 1.165) is 16.3 Å². The summed E-state index contributed by atoms with van der Waals surface area (Å²) in [6.45, 7) is 1.91. The lowest BCUT2D eigenvalue weighted by atomic mass is 10.1. The summed E-state index contributed by atoms with van der Waals surface area (Å²) in [6.07, 6.45) is 0. The fourth-order valence-electron chi connectivity index (χ4n) is 1.46. The second-order valence-electron chi connectivity index (χ2n) is 3.48. The maximum Gasteiger partial charge on any atom is 0.341 e. The second-order valence-corrected chi connectivity index (χ2v) is 4.54. The highest BCUT2D eigenvalue weighted by Crippen LogP contribution is 2.27. The van der Waals surface area contributed by atoms with Crippen LogP contribution in [0.5, 0.6) is 5.75 Å². The first kappa shape index (κ1) is 11.6. The molecule has 1 N–H and O–H groups in total. The largest absolute Gasteiger partial charge is 0.507 e. The Balaban J connectivity index is 2.47. The first-order valence-electron chi connectivity index (χ1n) is 4.95. The number of benzene rings is 1. The van der Waals surface area contributed by atoms with Crippen molar-refractivity contribution in [3.05, 3.63) is 34.2 Å². The van der Waals surface area contributed by atoms with E-state index < -0.39 is 5.97 Å². The number of hydrogen-bond donors (Lipinski definition) is 1. The van der Waals surface area contributed by atoms with Gasteiger partial charge in [0.2, 0.25) is 0 Å². The number of thiazole rings is 1. The van der Waals surface area contributed by atoms with Gasteiger partial charge in [-0.25, -0.2) is 9.78 Å².